The predicted molar refractivity (Wildman–Crippen MR) is 41.9 cm³/mol. The van der Waals surface area contributed by atoms with Crippen LogP contribution in [-0.4, -0.2) is 24.4 Å². The molecule has 1 N–H and O–H groups in total. The lowest BCUT2D eigenvalue weighted by Gasteiger charge is -2.21. The first kappa shape index (κ1) is 10.4. The molecule has 0 saturated heterocycles. The number of aliphatic hydroxyl groups is 1. The summed E-state index contributed by atoms with van der Waals surface area (Å²) in [7, 11) is 1.54. The van der Waals surface area contributed by atoms with Crippen LogP contribution in [0.25, 0.3) is 0 Å². The summed E-state index contributed by atoms with van der Waals surface area (Å²) in [4.78, 5) is 0. The van der Waals surface area contributed by atoms with Gasteiger partial charge in [0.1, 0.15) is 0 Å². The summed E-state index contributed by atoms with van der Waals surface area (Å²) in [5, 5.41) is 17.9. The second-order valence-corrected chi connectivity index (χ2v) is 2.59. The van der Waals surface area contributed by atoms with Gasteiger partial charge in [-0.05, 0) is 13.3 Å². The van der Waals surface area contributed by atoms with Crippen molar-refractivity contribution in [1.29, 1.82) is 5.26 Å². The lowest BCUT2D eigenvalue weighted by atomic mass is 10.00. The van der Waals surface area contributed by atoms with E-state index in [1.54, 1.807) is 14.0 Å². The van der Waals surface area contributed by atoms with Crippen molar-refractivity contribution in [3.8, 4) is 6.07 Å². The van der Waals surface area contributed by atoms with Crippen LogP contribution in [0.3, 0.4) is 0 Å². The molecule has 0 radical (unpaired) electrons. The predicted octanol–water partition coefficient (Wildman–Crippen LogP) is 0.932. The second-order valence-electron chi connectivity index (χ2n) is 2.59. The highest BCUT2D eigenvalue weighted by Crippen LogP contribution is 2.11. The molecule has 64 valence electrons. The van der Waals surface area contributed by atoms with Gasteiger partial charge in [0.2, 0.25) is 0 Å². The smallest absolute Gasteiger partial charge is 0.0956 e. The van der Waals surface area contributed by atoms with Crippen molar-refractivity contribution in [2.24, 2.45) is 5.92 Å². The summed E-state index contributed by atoms with van der Waals surface area (Å²) in [6.45, 7) is 3.60. The molecule has 3 atom stereocenters. The minimum Gasteiger partial charge on any atom is -0.389 e. The molecule has 3 nitrogen and oxygen atoms in total. The maximum absolute atomic E-state index is 9.43. The highest BCUT2D eigenvalue weighted by Gasteiger charge is 2.22. The molecule has 0 heterocycles. The van der Waals surface area contributed by atoms with Gasteiger partial charge in [-0.15, -0.1) is 0 Å². The van der Waals surface area contributed by atoms with E-state index in [1.807, 2.05) is 13.0 Å². The Balaban J connectivity index is 3.99. The van der Waals surface area contributed by atoms with Crippen molar-refractivity contribution < 1.29 is 9.84 Å². The first-order valence-electron chi connectivity index (χ1n) is 3.77. The van der Waals surface area contributed by atoms with Gasteiger partial charge in [0.15, 0.2) is 0 Å². The van der Waals surface area contributed by atoms with E-state index < -0.39 is 6.10 Å². The molecule has 0 fully saturated rings. The molecule has 3 heteroatoms. The molecule has 0 aliphatic carbocycles. The Bertz CT molecular complexity index is 138. The summed E-state index contributed by atoms with van der Waals surface area (Å²) in [5.74, 6) is -0.361. The molecular weight excluding hydrogens is 142 g/mol. The Labute approximate surface area is 67.6 Å². The van der Waals surface area contributed by atoms with Gasteiger partial charge in [-0.2, -0.15) is 5.26 Å². The van der Waals surface area contributed by atoms with Crippen LogP contribution in [-0.2, 0) is 4.74 Å². The molecule has 0 aromatic rings. The number of methoxy groups -OCH3 is 1. The van der Waals surface area contributed by atoms with Gasteiger partial charge in [-0.3, -0.25) is 0 Å². The minimum atomic E-state index is -0.671. The van der Waals surface area contributed by atoms with Crippen molar-refractivity contribution >= 4 is 0 Å². The van der Waals surface area contributed by atoms with Crippen LogP contribution >= 0.6 is 0 Å². The number of aliphatic hydroxyl groups excluding tert-OH is 1. The fraction of sp³-hybridized carbons (Fsp3) is 0.875. The molecule has 11 heavy (non-hydrogen) atoms. The van der Waals surface area contributed by atoms with Gasteiger partial charge in [0, 0.05) is 7.11 Å². The molecule has 0 aromatic heterocycles. The van der Waals surface area contributed by atoms with Gasteiger partial charge in [0.05, 0.1) is 24.2 Å². The van der Waals surface area contributed by atoms with E-state index in [-0.39, 0.29) is 12.0 Å². The van der Waals surface area contributed by atoms with Crippen LogP contribution in [0, 0.1) is 17.2 Å². The van der Waals surface area contributed by atoms with Crippen LogP contribution < -0.4 is 0 Å². The average molecular weight is 157 g/mol. The van der Waals surface area contributed by atoms with Crippen LogP contribution in [0.2, 0.25) is 0 Å². The Morgan fingerprint density at radius 1 is 1.64 bits per heavy atom. The largest absolute Gasteiger partial charge is 0.389 e. The lowest BCUT2D eigenvalue weighted by molar-refractivity contribution is -0.0286. The summed E-state index contributed by atoms with van der Waals surface area (Å²) >= 11 is 0. The fourth-order valence-corrected chi connectivity index (χ4v) is 0.946. The number of rotatable bonds is 4. The number of nitrogens with zero attached hydrogens (tertiary/aromatic N) is 1. The van der Waals surface area contributed by atoms with E-state index in [1.165, 1.54) is 0 Å². The van der Waals surface area contributed by atoms with Crippen LogP contribution in [0.5, 0.6) is 0 Å². The first-order chi connectivity index (χ1) is 5.17. The van der Waals surface area contributed by atoms with E-state index in [0.717, 1.165) is 6.42 Å². The first-order valence-corrected chi connectivity index (χ1v) is 3.77. The molecular formula is C8H15NO2. The van der Waals surface area contributed by atoms with Crippen molar-refractivity contribution in [3.63, 3.8) is 0 Å². The van der Waals surface area contributed by atoms with Gasteiger partial charge >= 0.3 is 0 Å². The van der Waals surface area contributed by atoms with E-state index in [0.29, 0.717) is 0 Å². The highest BCUT2D eigenvalue weighted by atomic mass is 16.5. The maximum atomic E-state index is 9.43. The Hall–Kier alpha value is -0.590. The normalized spacial score (nSPS) is 18.5. The van der Waals surface area contributed by atoms with Crippen molar-refractivity contribution in [1.82, 2.24) is 0 Å². The Morgan fingerprint density at radius 2 is 2.18 bits per heavy atom. The molecule has 3 unspecified atom stereocenters. The second kappa shape index (κ2) is 5.11. The van der Waals surface area contributed by atoms with Gasteiger partial charge in [-0.25, -0.2) is 0 Å². The monoisotopic (exact) mass is 157 g/mol. The third-order valence-electron chi connectivity index (χ3n) is 1.80. The maximum Gasteiger partial charge on any atom is 0.0956 e. The Kier molecular flexibility index (Phi) is 4.84. The zero-order valence-electron chi connectivity index (χ0n) is 7.24. The highest BCUT2D eigenvalue weighted by molar-refractivity contribution is 4.88. The van der Waals surface area contributed by atoms with Gasteiger partial charge in [-0.1, -0.05) is 6.92 Å². The van der Waals surface area contributed by atoms with E-state index in [4.69, 9.17) is 10.00 Å². The quantitative estimate of drug-likeness (QED) is 0.660. The molecule has 0 saturated carbocycles. The third kappa shape index (κ3) is 2.87. The number of hydrogen-bond donors (Lipinski definition) is 1. The van der Waals surface area contributed by atoms with Crippen LogP contribution in [0.1, 0.15) is 20.3 Å². The summed E-state index contributed by atoms with van der Waals surface area (Å²) in [6.07, 6.45) is -0.163. The zero-order chi connectivity index (χ0) is 8.85. The van der Waals surface area contributed by atoms with Crippen LogP contribution in [0.4, 0.5) is 0 Å². The summed E-state index contributed by atoms with van der Waals surface area (Å²) < 4.78 is 4.98. The minimum absolute atomic E-state index is 0.218. The Morgan fingerprint density at radius 3 is 2.45 bits per heavy atom. The third-order valence-corrected chi connectivity index (χ3v) is 1.80. The molecule has 0 amide bonds. The zero-order valence-corrected chi connectivity index (χ0v) is 7.24. The average Bonchev–Trinajstić information content (AvgIpc) is 2.05. The van der Waals surface area contributed by atoms with Crippen molar-refractivity contribution in [3.05, 3.63) is 0 Å². The molecule has 0 aliphatic rings. The van der Waals surface area contributed by atoms with Crippen molar-refractivity contribution in [2.75, 3.05) is 7.11 Å². The van der Waals surface area contributed by atoms with E-state index in [9.17, 15) is 5.11 Å². The number of ether oxygens (including phenoxy) is 1. The van der Waals surface area contributed by atoms with Gasteiger partial charge in [0.25, 0.3) is 0 Å². The van der Waals surface area contributed by atoms with Crippen LogP contribution in [0.15, 0.2) is 0 Å². The van der Waals surface area contributed by atoms with Crippen molar-refractivity contribution in [2.45, 2.75) is 32.5 Å². The molecule has 0 rings (SSSR count). The molecule has 0 bridgehead atoms. The standard InChI is InChI=1S/C8H15NO2/c1-4-7(11-3)8(10)6(2)5-9/h6-8,10H,4H2,1-3H3. The SMILES string of the molecule is CCC(OC)C(O)C(C)C#N. The molecule has 0 aromatic carbocycles. The number of hydrogen-bond acceptors (Lipinski definition) is 3. The fourth-order valence-electron chi connectivity index (χ4n) is 0.946. The van der Waals surface area contributed by atoms with Gasteiger partial charge < -0.3 is 9.84 Å². The van der Waals surface area contributed by atoms with E-state index >= 15 is 0 Å². The van der Waals surface area contributed by atoms with E-state index in [2.05, 4.69) is 0 Å². The summed E-state index contributed by atoms with van der Waals surface area (Å²) in [5.41, 5.74) is 0. The molecule has 0 spiro atoms. The molecule has 0 aliphatic heterocycles. The lowest BCUT2D eigenvalue weighted by Crippen LogP contribution is -2.32. The summed E-state index contributed by atoms with van der Waals surface area (Å²) in [6, 6.07) is 1.98. The number of nitriles is 1. The topological polar surface area (TPSA) is 53.2 Å².